The Morgan fingerprint density at radius 3 is 2.80 bits per heavy atom. The number of aryl methyl sites for hydroxylation is 2. The summed E-state index contributed by atoms with van der Waals surface area (Å²) in [7, 11) is 1.95. The van der Waals surface area contributed by atoms with Crippen LogP contribution in [0.3, 0.4) is 0 Å². The van der Waals surface area contributed by atoms with Crippen molar-refractivity contribution in [3.63, 3.8) is 0 Å². The number of aromatic nitrogens is 3. The van der Waals surface area contributed by atoms with Crippen LogP contribution in [0.4, 0.5) is 0 Å². The molecule has 2 aromatic rings. The first kappa shape index (κ1) is 10.3. The van der Waals surface area contributed by atoms with Gasteiger partial charge in [0.2, 0.25) is 0 Å². The lowest BCUT2D eigenvalue weighted by molar-refractivity contribution is 0.584. The van der Waals surface area contributed by atoms with Crippen molar-refractivity contribution in [2.75, 3.05) is 0 Å². The van der Waals surface area contributed by atoms with Gasteiger partial charge in [0, 0.05) is 19.4 Å². The minimum atomic E-state index is -0.0856. The Morgan fingerprint density at radius 1 is 1.53 bits per heavy atom. The zero-order chi connectivity index (χ0) is 10.8. The molecule has 0 radical (unpaired) electrons. The highest BCUT2D eigenvalue weighted by Gasteiger charge is 2.20. The molecule has 80 valence electrons. The normalized spacial score (nSPS) is 13.0. The summed E-state index contributed by atoms with van der Waals surface area (Å²) < 4.78 is 1.95. The molecule has 0 aliphatic carbocycles. The predicted molar refractivity (Wildman–Crippen MR) is 59.2 cm³/mol. The van der Waals surface area contributed by atoms with Crippen molar-refractivity contribution >= 4 is 11.3 Å². The molecule has 0 bridgehead atoms. The van der Waals surface area contributed by atoms with E-state index in [1.807, 2.05) is 30.2 Å². The second-order valence-corrected chi connectivity index (χ2v) is 4.18. The minimum absolute atomic E-state index is 0.0856. The summed E-state index contributed by atoms with van der Waals surface area (Å²) >= 11 is 1.58. The number of imidazole rings is 1. The van der Waals surface area contributed by atoms with Crippen LogP contribution in [0.25, 0.3) is 0 Å². The molecule has 0 amide bonds. The first-order chi connectivity index (χ1) is 7.24. The van der Waals surface area contributed by atoms with Gasteiger partial charge >= 0.3 is 0 Å². The fraction of sp³-hybridized carbons (Fsp3) is 0.333. The summed E-state index contributed by atoms with van der Waals surface area (Å²) in [4.78, 5) is 9.60. The van der Waals surface area contributed by atoms with E-state index in [0.29, 0.717) is 0 Å². The Kier molecular flexibility index (Phi) is 2.81. The third kappa shape index (κ3) is 1.79. The average Bonchev–Trinajstić information content (AvgIpc) is 2.80. The van der Waals surface area contributed by atoms with Crippen LogP contribution in [-0.2, 0) is 7.05 Å². The smallest absolute Gasteiger partial charge is 0.132 e. The lowest BCUT2D eigenvalue weighted by Crippen LogP contribution is -2.30. The second-order valence-electron chi connectivity index (χ2n) is 3.30. The van der Waals surface area contributed by atoms with Crippen molar-refractivity contribution in [2.45, 2.75) is 13.0 Å². The standard InChI is InChI=1S/C9H13N5S/c1-6-8(15-5-12-6)7(13-10)9-11-3-4-14(9)2/h3-5,7,13H,10H2,1-2H3. The van der Waals surface area contributed by atoms with Crippen molar-refractivity contribution in [1.29, 1.82) is 0 Å². The number of thiazole rings is 1. The van der Waals surface area contributed by atoms with Gasteiger partial charge in [-0.3, -0.25) is 5.84 Å². The van der Waals surface area contributed by atoms with Gasteiger partial charge in [-0.2, -0.15) is 0 Å². The Hall–Kier alpha value is -1.24. The van der Waals surface area contributed by atoms with Gasteiger partial charge in [0.25, 0.3) is 0 Å². The molecule has 0 saturated carbocycles. The van der Waals surface area contributed by atoms with Gasteiger partial charge in [0.1, 0.15) is 11.9 Å². The monoisotopic (exact) mass is 223 g/mol. The van der Waals surface area contributed by atoms with Crippen molar-refractivity contribution < 1.29 is 0 Å². The third-order valence-corrected chi connectivity index (χ3v) is 3.32. The first-order valence-electron chi connectivity index (χ1n) is 4.57. The number of nitrogens with one attached hydrogen (secondary N) is 1. The highest BCUT2D eigenvalue weighted by Crippen LogP contribution is 2.25. The molecule has 0 spiro atoms. The molecule has 0 fully saturated rings. The summed E-state index contributed by atoms with van der Waals surface area (Å²) in [6.07, 6.45) is 3.66. The quantitative estimate of drug-likeness (QED) is 0.595. The summed E-state index contributed by atoms with van der Waals surface area (Å²) in [5, 5.41) is 0. The van der Waals surface area contributed by atoms with E-state index in [-0.39, 0.29) is 6.04 Å². The number of hydrogen-bond donors (Lipinski definition) is 2. The Bertz CT molecular complexity index is 407. The summed E-state index contributed by atoms with van der Waals surface area (Å²) in [6, 6.07) is -0.0856. The van der Waals surface area contributed by atoms with E-state index in [9.17, 15) is 0 Å². The fourth-order valence-corrected chi connectivity index (χ4v) is 2.37. The summed E-state index contributed by atoms with van der Waals surface area (Å²) in [6.45, 7) is 1.97. The molecular weight excluding hydrogens is 210 g/mol. The van der Waals surface area contributed by atoms with Gasteiger partial charge in [0.15, 0.2) is 0 Å². The maximum absolute atomic E-state index is 5.57. The van der Waals surface area contributed by atoms with Crippen LogP contribution < -0.4 is 11.3 Å². The molecular formula is C9H13N5S. The molecule has 5 nitrogen and oxygen atoms in total. The molecule has 0 aromatic carbocycles. The maximum Gasteiger partial charge on any atom is 0.132 e. The number of hydrazine groups is 1. The molecule has 2 heterocycles. The predicted octanol–water partition coefficient (Wildman–Crippen LogP) is 0.738. The maximum atomic E-state index is 5.57. The Balaban J connectivity index is 2.41. The van der Waals surface area contributed by atoms with E-state index in [2.05, 4.69) is 15.4 Å². The molecule has 1 unspecified atom stereocenters. The molecule has 2 rings (SSSR count). The molecule has 6 heteroatoms. The van der Waals surface area contributed by atoms with Gasteiger partial charge in [-0.05, 0) is 6.92 Å². The number of hydrogen-bond acceptors (Lipinski definition) is 5. The van der Waals surface area contributed by atoms with E-state index >= 15 is 0 Å². The fourth-order valence-electron chi connectivity index (χ4n) is 1.51. The van der Waals surface area contributed by atoms with Gasteiger partial charge in [0.05, 0.1) is 16.1 Å². The van der Waals surface area contributed by atoms with Crippen LogP contribution in [-0.4, -0.2) is 14.5 Å². The lowest BCUT2D eigenvalue weighted by Gasteiger charge is -2.14. The van der Waals surface area contributed by atoms with Crippen LogP contribution >= 0.6 is 11.3 Å². The molecule has 15 heavy (non-hydrogen) atoms. The van der Waals surface area contributed by atoms with E-state index in [4.69, 9.17) is 5.84 Å². The van der Waals surface area contributed by atoms with Crippen molar-refractivity contribution in [3.8, 4) is 0 Å². The van der Waals surface area contributed by atoms with Crippen LogP contribution in [0.1, 0.15) is 22.4 Å². The average molecular weight is 223 g/mol. The number of nitrogens with zero attached hydrogens (tertiary/aromatic N) is 3. The SMILES string of the molecule is Cc1ncsc1C(NN)c1nccn1C. The third-order valence-electron chi connectivity index (χ3n) is 2.33. The van der Waals surface area contributed by atoms with Crippen molar-refractivity contribution in [3.05, 3.63) is 34.3 Å². The molecule has 0 aliphatic heterocycles. The minimum Gasteiger partial charge on any atom is -0.336 e. The summed E-state index contributed by atoms with van der Waals surface area (Å²) in [5.74, 6) is 6.46. The highest BCUT2D eigenvalue weighted by molar-refractivity contribution is 7.09. The first-order valence-corrected chi connectivity index (χ1v) is 5.45. The van der Waals surface area contributed by atoms with Crippen LogP contribution in [0.15, 0.2) is 17.9 Å². The lowest BCUT2D eigenvalue weighted by atomic mass is 10.2. The zero-order valence-corrected chi connectivity index (χ0v) is 9.45. The van der Waals surface area contributed by atoms with E-state index in [0.717, 1.165) is 16.4 Å². The number of nitrogens with two attached hydrogens (primary N) is 1. The zero-order valence-electron chi connectivity index (χ0n) is 8.64. The van der Waals surface area contributed by atoms with Gasteiger partial charge in [-0.25, -0.2) is 15.4 Å². The molecule has 1 atom stereocenters. The molecule has 0 saturated heterocycles. The van der Waals surface area contributed by atoms with E-state index in [1.165, 1.54) is 0 Å². The van der Waals surface area contributed by atoms with Crippen LogP contribution in [0, 0.1) is 6.92 Å². The van der Waals surface area contributed by atoms with Crippen molar-refractivity contribution in [2.24, 2.45) is 12.9 Å². The molecule has 3 N–H and O–H groups in total. The largest absolute Gasteiger partial charge is 0.336 e. The van der Waals surface area contributed by atoms with Crippen LogP contribution in [0.5, 0.6) is 0 Å². The van der Waals surface area contributed by atoms with Gasteiger partial charge in [-0.15, -0.1) is 11.3 Å². The number of rotatable bonds is 3. The van der Waals surface area contributed by atoms with E-state index < -0.39 is 0 Å². The Morgan fingerprint density at radius 2 is 2.33 bits per heavy atom. The van der Waals surface area contributed by atoms with Crippen LogP contribution in [0.2, 0.25) is 0 Å². The highest BCUT2D eigenvalue weighted by atomic mass is 32.1. The van der Waals surface area contributed by atoms with Gasteiger partial charge in [-0.1, -0.05) is 0 Å². The summed E-state index contributed by atoms with van der Waals surface area (Å²) in [5.41, 5.74) is 5.58. The van der Waals surface area contributed by atoms with E-state index in [1.54, 1.807) is 17.5 Å². The molecule has 2 aromatic heterocycles. The topological polar surface area (TPSA) is 68.8 Å². The second kappa shape index (κ2) is 4.09. The van der Waals surface area contributed by atoms with Gasteiger partial charge < -0.3 is 4.57 Å². The van der Waals surface area contributed by atoms with Crippen molar-refractivity contribution in [1.82, 2.24) is 20.0 Å². The Labute approximate surface area is 91.9 Å². The molecule has 0 aliphatic rings.